The molecule has 0 bridgehead atoms. The molecule has 0 aliphatic rings. The van der Waals surface area contributed by atoms with Crippen molar-refractivity contribution < 1.29 is 0 Å². The van der Waals surface area contributed by atoms with Crippen molar-refractivity contribution in [1.82, 2.24) is 4.98 Å². The van der Waals surface area contributed by atoms with Crippen LogP contribution in [0.25, 0.3) is 0 Å². The SMILES string of the molecule is CCC[CH2][Sn]([CH2]CCC)([c]1ccccc1)[c]1cnccc1C. The molecule has 0 fully saturated rings. The Morgan fingerprint density at radius 2 is 1.55 bits per heavy atom. The first-order chi connectivity index (χ1) is 10.7. The molecule has 0 amide bonds. The molecule has 118 valence electrons. The predicted octanol–water partition coefficient (Wildman–Crippen LogP) is 4.55. The van der Waals surface area contributed by atoms with Gasteiger partial charge in [0, 0.05) is 0 Å². The van der Waals surface area contributed by atoms with Crippen LogP contribution in [-0.4, -0.2) is 23.4 Å². The summed E-state index contributed by atoms with van der Waals surface area (Å²) in [7, 11) is 0. The molecule has 2 rings (SSSR count). The van der Waals surface area contributed by atoms with Crippen molar-refractivity contribution in [2.75, 3.05) is 0 Å². The van der Waals surface area contributed by atoms with Crippen LogP contribution in [0.1, 0.15) is 45.1 Å². The fraction of sp³-hybridized carbons (Fsp3) is 0.450. The van der Waals surface area contributed by atoms with Gasteiger partial charge in [-0.1, -0.05) is 0 Å². The minimum atomic E-state index is -2.63. The Kier molecular flexibility index (Phi) is 6.94. The zero-order valence-electron chi connectivity index (χ0n) is 14.3. The molecule has 1 aromatic heterocycles. The van der Waals surface area contributed by atoms with Crippen LogP contribution in [0.2, 0.25) is 8.87 Å². The fourth-order valence-electron chi connectivity index (χ4n) is 3.52. The average Bonchev–Trinajstić information content (AvgIpc) is 2.57. The Hall–Kier alpha value is -0.831. The van der Waals surface area contributed by atoms with Crippen molar-refractivity contribution in [3.8, 4) is 0 Å². The second-order valence-electron chi connectivity index (χ2n) is 6.35. The molecular formula is C20H29NSn. The van der Waals surface area contributed by atoms with Crippen molar-refractivity contribution in [2.45, 2.75) is 55.3 Å². The predicted molar refractivity (Wildman–Crippen MR) is 99.9 cm³/mol. The third-order valence-corrected chi connectivity index (χ3v) is 20.2. The quantitative estimate of drug-likeness (QED) is 0.591. The normalized spacial score (nSPS) is 11.6. The van der Waals surface area contributed by atoms with E-state index in [0.29, 0.717) is 0 Å². The van der Waals surface area contributed by atoms with E-state index in [4.69, 9.17) is 0 Å². The van der Waals surface area contributed by atoms with E-state index in [1.54, 1.807) is 7.16 Å². The summed E-state index contributed by atoms with van der Waals surface area (Å²) in [5, 5.41) is 0. The molecule has 0 aliphatic heterocycles. The summed E-state index contributed by atoms with van der Waals surface area (Å²) >= 11 is -2.63. The third kappa shape index (κ3) is 3.92. The molecule has 0 saturated heterocycles. The Morgan fingerprint density at radius 3 is 2.09 bits per heavy atom. The number of nitrogens with zero attached hydrogens (tertiary/aromatic N) is 1. The van der Waals surface area contributed by atoms with Gasteiger partial charge in [0.05, 0.1) is 0 Å². The summed E-state index contributed by atoms with van der Waals surface area (Å²) in [6.07, 6.45) is 9.42. The van der Waals surface area contributed by atoms with Crippen LogP contribution in [0.4, 0.5) is 0 Å². The van der Waals surface area contributed by atoms with Gasteiger partial charge in [-0.3, -0.25) is 0 Å². The first kappa shape index (κ1) is 17.5. The monoisotopic (exact) mass is 403 g/mol. The summed E-state index contributed by atoms with van der Waals surface area (Å²) in [6, 6.07) is 13.6. The van der Waals surface area contributed by atoms with E-state index >= 15 is 0 Å². The zero-order valence-corrected chi connectivity index (χ0v) is 17.2. The van der Waals surface area contributed by atoms with E-state index in [1.165, 1.54) is 40.1 Å². The summed E-state index contributed by atoms with van der Waals surface area (Å²) < 4.78 is 6.13. The van der Waals surface area contributed by atoms with Gasteiger partial charge in [0.25, 0.3) is 0 Å². The molecular weight excluding hydrogens is 373 g/mol. The zero-order chi connectivity index (χ0) is 15.8. The van der Waals surface area contributed by atoms with E-state index < -0.39 is 18.4 Å². The Morgan fingerprint density at radius 1 is 0.909 bits per heavy atom. The number of benzene rings is 1. The number of hydrogen-bond acceptors (Lipinski definition) is 1. The Bertz CT molecular complexity index is 557. The number of aryl methyl sites for hydroxylation is 1. The van der Waals surface area contributed by atoms with Gasteiger partial charge in [0.1, 0.15) is 0 Å². The first-order valence-corrected chi connectivity index (χ1v) is 15.6. The van der Waals surface area contributed by atoms with Crippen molar-refractivity contribution in [3.63, 3.8) is 0 Å². The summed E-state index contributed by atoms with van der Waals surface area (Å²) in [6.45, 7) is 6.92. The Labute approximate surface area is 140 Å². The van der Waals surface area contributed by atoms with E-state index in [-0.39, 0.29) is 0 Å². The van der Waals surface area contributed by atoms with Crippen LogP contribution in [0, 0.1) is 6.92 Å². The second kappa shape index (κ2) is 8.71. The number of unbranched alkanes of at least 4 members (excludes halogenated alkanes) is 2. The van der Waals surface area contributed by atoms with E-state index in [1.807, 2.05) is 6.20 Å². The molecule has 1 aromatic carbocycles. The van der Waals surface area contributed by atoms with Gasteiger partial charge in [-0.15, -0.1) is 0 Å². The van der Waals surface area contributed by atoms with Gasteiger partial charge in [-0.2, -0.15) is 0 Å². The van der Waals surface area contributed by atoms with Crippen LogP contribution in [0.3, 0.4) is 0 Å². The Balaban J connectivity index is 2.56. The second-order valence-corrected chi connectivity index (χ2v) is 18.6. The topological polar surface area (TPSA) is 12.9 Å². The van der Waals surface area contributed by atoms with Crippen LogP contribution in [0.15, 0.2) is 48.8 Å². The molecule has 2 aromatic rings. The molecule has 0 aliphatic carbocycles. The first-order valence-electron chi connectivity index (χ1n) is 8.71. The van der Waals surface area contributed by atoms with Gasteiger partial charge in [-0.25, -0.2) is 0 Å². The van der Waals surface area contributed by atoms with E-state index in [0.717, 1.165) is 0 Å². The third-order valence-electron chi connectivity index (χ3n) is 4.80. The number of rotatable bonds is 8. The molecule has 0 saturated carbocycles. The van der Waals surface area contributed by atoms with Crippen LogP contribution >= 0.6 is 0 Å². The van der Waals surface area contributed by atoms with Crippen LogP contribution in [0.5, 0.6) is 0 Å². The standard InChI is InChI=1S/C6H6N.C6H5.2C4H9.Sn/c1-6-2-4-7-5-3-6;1-2-4-6-5-3-1;2*1-3-4-2;/h2,4-5H,1H3;1-5H;2*1,3-4H2,2H3;. The van der Waals surface area contributed by atoms with Gasteiger partial charge >= 0.3 is 140 Å². The van der Waals surface area contributed by atoms with Crippen LogP contribution < -0.4 is 7.16 Å². The molecule has 0 N–H and O–H groups in total. The molecule has 2 heteroatoms. The van der Waals surface area contributed by atoms with Gasteiger partial charge in [0.2, 0.25) is 0 Å². The molecule has 0 radical (unpaired) electrons. The van der Waals surface area contributed by atoms with Crippen molar-refractivity contribution in [2.24, 2.45) is 0 Å². The number of aromatic nitrogens is 1. The van der Waals surface area contributed by atoms with E-state index in [2.05, 4.69) is 68.4 Å². The maximum absolute atomic E-state index is 4.51. The molecule has 0 spiro atoms. The van der Waals surface area contributed by atoms with Crippen LogP contribution in [-0.2, 0) is 0 Å². The molecule has 1 nitrogen and oxygen atoms in total. The van der Waals surface area contributed by atoms with E-state index in [9.17, 15) is 0 Å². The molecule has 0 unspecified atom stereocenters. The minimum absolute atomic E-state index is 1.29. The van der Waals surface area contributed by atoms with Crippen molar-refractivity contribution in [3.05, 3.63) is 54.4 Å². The number of hydrogen-bond donors (Lipinski definition) is 0. The van der Waals surface area contributed by atoms with Gasteiger partial charge in [0.15, 0.2) is 0 Å². The number of pyridine rings is 1. The summed E-state index contributed by atoms with van der Waals surface area (Å²) in [5.41, 5.74) is 1.46. The molecule has 0 atom stereocenters. The molecule has 1 heterocycles. The molecule has 22 heavy (non-hydrogen) atoms. The maximum atomic E-state index is 4.51. The summed E-state index contributed by atoms with van der Waals surface area (Å²) in [5.74, 6) is 0. The van der Waals surface area contributed by atoms with Crippen molar-refractivity contribution in [1.29, 1.82) is 0 Å². The summed E-state index contributed by atoms with van der Waals surface area (Å²) in [4.78, 5) is 4.51. The average molecular weight is 402 g/mol. The van der Waals surface area contributed by atoms with Gasteiger partial charge in [-0.05, 0) is 0 Å². The van der Waals surface area contributed by atoms with Crippen molar-refractivity contribution >= 4 is 25.5 Å². The van der Waals surface area contributed by atoms with Gasteiger partial charge < -0.3 is 0 Å². The fourth-order valence-corrected chi connectivity index (χ4v) is 19.4.